The number of hydrogen-bond donors (Lipinski definition) is 3. The SMILES string of the molecule is CC[NH+](CC)CCC[C@@H](C)NC(=O)c1c(NC(=O)c2ccccc2)sc(C)c1C. The fraction of sp³-hybridized carbons (Fsp3) is 0.478. The summed E-state index contributed by atoms with van der Waals surface area (Å²) in [5, 5.41) is 6.67. The highest BCUT2D eigenvalue weighted by atomic mass is 32.1. The molecular weight excluding hydrogens is 382 g/mol. The number of thiophene rings is 1. The number of anilines is 1. The number of rotatable bonds is 10. The number of hydrogen-bond acceptors (Lipinski definition) is 3. The van der Waals surface area contributed by atoms with Gasteiger partial charge in [-0.2, -0.15) is 0 Å². The van der Waals surface area contributed by atoms with Gasteiger partial charge in [-0.1, -0.05) is 18.2 Å². The summed E-state index contributed by atoms with van der Waals surface area (Å²) in [6, 6.07) is 9.15. The van der Waals surface area contributed by atoms with Gasteiger partial charge in [0.15, 0.2) is 0 Å². The number of carbonyl (C=O) groups excluding carboxylic acids is 2. The Morgan fingerprint density at radius 3 is 2.34 bits per heavy atom. The Morgan fingerprint density at radius 2 is 1.72 bits per heavy atom. The van der Waals surface area contributed by atoms with Crippen LogP contribution >= 0.6 is 11.3 Å². The minimum absolute atomic E-state index is 0.0924. The third-order valence-electron chi connectivity index (χ3n) is 5.42. The highest BCUT2D eigenvalue weighted by Gasteiger charge is 2.22. The Labute approximate surface area is 178 Å². The summed E-state index contributed by atoms with van der Waals surface area (Å²) < 4.78 is 0. The van der Waals surface area contributed by atoms with E-state index < -0.39 is 0 Å². The molecule has 5 nitrogen and oxygen atoms in total. The lowest BCUT2D eigenvalue weighted by Crippen LogP contribution is -3.11. The van der Waals surface area contributed by atoms with Gasteiger partial charge < -0.3 is 15.5 Å². The van der Waals surface area contributed by atoms with Crippen LogP contribution in [0.3, 0.4) is 0 Å². The fourth-order valence-electron chi connectivity index (χ4n) is 3.38. The molecule has 0 aliphatic carbocycles. The van der Waals surface area contributed by atoms with Crippen molar-refractivity contribution in [2.45, 2.75) is 53.5 Å². The molecule has 2 amide bonds. The molecule has 0 radical (unpaired) electrons. The number of benzene rings is 1. The summed E-state index contributed by atoms with van der Waals surface area (Å²) in [5.74, 6) is -0.311. The summed E-state index contributed by atoms with van der Waals surface area (Å²) in [5.41, 5.74) is 2.09. The molecule has 1 aromatic heterocycles. The van der Waals surface area contributed by atoms with Crippen molar-refractivity contribution in [1.29, 1.82) is 0 Å². The maximum Gasteiger partial charge on any atom is 0.256 e. The molecule has 2 aromatic rings. The Kier molecular flexibility index (Phi) is 8.86. The second-order valence-electron chi connectivity index (χ2n) is 7.53. The third-order valence-corrected chi connectivity index (χ3v) is 6.54. The van der Waals surface area contributed by atoms with Gasteiger partial charge >= 0.3 is 0 Å². The van der Waals surface area contributed by atoms with E-state index in [1.54, 1.807) is 17.0 Å². The van der Waals surface area contributed by atoms with Gasteiger partial charge in [0.25, 0.3) is 11.8 Å². The minimum Gasteiger partial charge on any atom is -0.349 e. The van der Waals surface area contributed by atoms with Crippen molar-refractivity contribution in [2.75, 3.05) is 25.0 Å². The van der Waals surface area contributed by atoms with Gasteiger partial charge in [0.1, 0.15) is 5.00 Å². The van der Waals surface area contributed by atoms with E-state index in [4.69, 9.17) is 0 Å². The van der Waals surface area contributed by atoms with E-state index in [0.29, 0.717) is 16.1 Å². The lowest BCUT2D eigenvalue weighted by Gasteiger charge is -2.18. The quantitative estimate of drug-likeness (QED) is 0.556. The Hall–Kier alpha value is -2.18. The zero-order valence-electron chi connectivity index (χ0n) is 18.2. The van der Waals surface area contributed by atoms with Crippen LogP contribution in [0.2, 0.25) is 0 Å². The maximum atomic E-state index is 13.0. The standard InChI is InChI=1S/C23H33N3O2S/c1-6-26(7-2)15-11-12-16(3)24-22(28)20-17(4)18(5)29-23(20)25-21(27)19-13-9-8-10-14-19/h8-10,13-14,16H,6-7,11-12,15H2,1-5H3,(H,24,28)(H,25,27)/p+1/t16-/m1/s1. The number of aryl methyl sites for hydroxylation is 1. The molecule has 29 heavy (non-hydrogen) atoms. The molecule has 3 N–H and O–H groups in total. The van der Waals surface area contributed by atoms with Gasteiger partial charge in [-0.15, -0.1) is 11.3 Å². The van der Waals surface area contributed by atoms with Gasteiger partial charge in [0.2, 0.25) is 0 Å². The number of quaternary nitrogens is 1. The molecule has 158 valence electrons. The van der Waals surface area contributed by atoms with Crippen molar-refractivity contribution < 1.29 is 14.5 Å². The van der Waals surface area contributed by atoms with Crippen LogP contribution in [-0.2, 0) is 0 Å². The van der Waals surface area contributed by atoms with E-state index in [1.165, 1.54) is 11.3 Å². The van der Waals surface area contributed by atoms with Gasteiger partial charge in [0, 0.05) is 16.5 Å². The van der Waals surface area contributed by atoms with Crippen LogP contribution in [0.1, 0.15) is 64.8 Å². The van der Waals surface area contributed by atoms with E-state index in [0.717, 1.165) is 42.9 Å². The highest BCUT2D eigenvalue weighted by Crippen LogP contribution is 2.32. The zero-order chi connectivity index (χ0) is 21.4. The second-order valence-corrected chi connectivity index (χ2v) is 8.76. The maximum absolute atomic E-state index is 13.0. The minimum atomic E-state index is -0.198. The Morgan fingerprint density at radius 1 is 1.07 bits per heavy atom. The van der Waals surface area contributed by atoms with Crippen molar-refractivity contribution in [3.8, 4) is 0 Å². The lowest BCUT2D eigenvalue weighted by molar-refractivity contribution is -0.896. The van der Waals surface area contributed by atoms with E-state index in [-0.39, 0.29) is 17.9 Å². The molecule has 6 heteroatoms. The van der Waals surface area contributed by atoms with Gasteiger partial charge in [-0.05, 0) is 65.2 Å². The molecule has 1 heterocycles. The average molecular weight is 417 g/mol. The molecule has 2 rings (SSSR count). The molecule has 0 saturated heterocycles. The number of nitrogens with one attached hydrogen (secondary N) is 3. The van der Waals surface area contributed by atoms with Crippen molar-refractivity contribution in [3.63, 3.8) is 0 Å². The van der Waals surface area contributed by atoms with Crippen LogP contribution in [0.5, 0.6) is 0 Å². The lowest BCUT2D eigenvalue weighted by atomic mass is 10.1. The van der Waals surface area contributed by atoms with Crippen LogP contribution in [0.4, 0.5) is 5.00 Å². The summed E-state index contributed by atoms with van der Waals surface area (Å²) in [6.07, 6.45) is 2.03. The van der Waals surface area contributed by atoms with Crippen LogP contribution in [0, 0.1) is 13.8 Å². The van der Waals surface area contributed by atoms with Crippen molar-refractivity contribution in [1.82, 2.24) is 5.32 Å². The number of amides is 2. The molecule has 0 saturated carbocycles. The van der Waals surface area contributed by atoms with Crippen LogP contribution in [-0.4, -0.2) is 37.5 Å². The largest absolute Gasteiger partial charge is 0.349 e. The molecule has 0 bridgehead atoms. The topological polar surface area (TPSA) is 62.6 Å². The van der Waals surface area contributed by atoms with Crippen molar-refractivity contribution in [2.24, 2.45) is 0 Å². The molecule has 0 aliphatic heterocycles. The van der Waals surface area contributed by atoms with E-state index in [9.17, 15) is 9.59 Å². The normalized spacial score (nSPS) is 12.1. The van der Waals surface area contributed by atoms with Gasteiger partial charge in [-0.25, -0.2) is 0 Å². The predicted molar refractivity (Wildman–Crippen MR) is 121 cm³/mol. The first-order chi connectivity index (χ1) is 13.9. The Balaban J connectivity index is 2.03. The van der Waals surface area contributed by atoms with Crippen molar-refractivity contribution in [3.05, 3.63) is 51.9 Å². The number of carbonyl (C=O) groups is 2. The first-order valence-corrected chi connectivity index (χ1v) is 11.3. The average Bonchev–Trinajstić information content (AvgIpc) is 2.99. The van der Waals surface area contributed by atoms with Gasteiger partial charge in [-0.3, -0.25) is 9.59 Å². The smallest absolute Gasteiger partial charge is 0.256 e. The monoisotopic (exact) mass is 416 g/mol. The van der Waals surface area contributed by atoms with Crippen LogP contribution in [0.15, 0.2) is 30.3 Å². The molecule has 0 fully saturated rings. The molecular formula is C23H34N3O2S+. The predicted octanol–water partition coefficient (Wildman–Crippen LogP) is 3.44. The van der Waals surface area contributed by atoms with E-state index in [2.05, 4.69) is 24.5 Å². The summed E-state index contributed by atoms with van der Waals surface area (Å²) >= 11 is 1.45. The molecule has 0 aliphatic rings. The van der Waals surface area contributed by atoms with Gasteiger partial charge in [0.05, 0.1) is 25.2 Å². The second kappa shape index (κ2) is 11.1. The highest BCUT2D eigenvalue weighted by molar-refractivity contribution is 7.16. The summed E-state index contributed by atoms with van der Waals surface area (Å²) in [4.78, 5) is 28.2. The summed E-state index contributed by atoms with van der Waals surface area (Å²) in [6.45, 7) is 13.8. The molecule has 0 unspecified atom stereocenters. The fourth-order valence-corrected chi connectivity index (χ4v) is 4.44. The first kappa shape index (κ1) is 23.1. The zero-order valence-corrected chi connectivity index (χ0v) is 19.0. The third kappa shape index (κ3) is 6.41. The van der Waals surface area contributed by atoms with Crippen LogP contribution < -0.4 is 15.5 Å². The molecule has 1 aromatic carbocycles. The van der Waals surface area contributed by atoms with E-state index >= 15 is 0 Å². The Bertz CT molecular complexity index is 813. The molecule has 0 spiro atoms. The van der Waals surface area contributed by atoms with Crippen LogP contribution in [0.25, 0.3) is 0 Å². The van der Waals surface area contributed by atoms with Crippen molar-refractivity contribution >= 4 is 28.2 Å². The molecule has 1 atom stereocenters. The van der Waals surface area contributed by atoms with E-state index in [1.807, 2.05) is 39.0 Å². The summed E-state index contributed by atoms with van der Waals surface area (Å²) in [7, 11) is 0. The first-order valence-electron chi connectivity index (χ1n) is 10.5.